The van der Waals surface area contributed by atoms with Gasteiger partial charge in [-0.15, -0.1) is 0 Å². The Morgan fingerprint density at radius 2 is 1.53 bits per heavy atom. The van der Waals surface area contributed by atoms with Crippen LogP contribution in [-0.4, -0.2) is 26.4 Å². The Kier molecular flexibility index (Phi) is 7.29. The summed E-state index contributed by atoms with van der Waals surface area (Å²) in [4.78, 5) is 24.5. The average Bonchev–Trinajstić information content (AvgIpc) is 3.27. The lowest BCUT2D eigenvalue weighted by molar-refractivity contribution is 0.102. The van der Waals surface area contributed by atoms with Gasteiger partial charge in [0, 0.05) is 23.0 Å². The molecule has 168 valence electrons. The number of nitrogens with one attached hydrogen (secondary N) is 4. The molecular weight excluding hydrogens is 432 g/mol. The number of amides is 3. The van der Waals surface area contributed by atoms with Gasteiger partial charge >= 0.3 is 6.03 Å². The highest BCUT2D eigenvalue weighted by atomic mass is 32.2. The van der Waals surface area contributed by atoms with Gasteiger partial charge < -0.3 is 20.4 Å². The van der Waals surface area contributed by atoms with E-state index in [9.17, 15) is 18.0 Å². The maximum absolute atomic E-state index is 12.4. The van der Waals surface area contributed by atoms with Crippen LogP contribution in [-0.2, 0) is 16.6 Å². The topological polar surface area (TPSA) is 130 Å². The van der Waals surface area contributed by atoms with E-state index in [1.807, 2.05) is 0 Å². The summed E-state index contributed by atoms with van der Waals surface area (Å²) < 4.78 is 32.0. The van der Waals surface area contributed by atoms with Crippen LogP contribution >= 0.6 is 0 Å². The zero-order valence-corrected chi connectivity index (χ0v) is 18.4. The highest BCUT2D eigenvalue weighted by Gasteiger charge is 2.16. The Bertz CT molecular complexity index is 1160. The third-order valence-corrected chi connectivity index (χ3v) is 5.90. The highest BCUT2D eigenvalue weighted by molar-refractivity contribution is 7.89. The van der Waals surface area contributed by atoms with Crippen LogP contribution in [0.25, 0.3) is 0 Å². The molecule has 1 aromatic heterocycles. The quantitative estimate of drug-likeness (QED) is 0.412. The molecular formula is C22H24N4O5S. The largest absolute Gasteiger partial charge is 0.467 e. The number of rotatable bonds is 8. The molecule has 1 heterocycles. The van der Waals surface area contributed by atoms with E-state index >= 15 is 0 Å². The number of furan rings is 1. The lowest BCUT2D eigenvalue weighted by atomic mass is 10.2. The number of carbonyl (C=O) groups excluding carboxylic acids is 2. The van der Waals surface area contributed by atoms with Gasteiger partial charge in [-0.05, 0) is 74.5 Å². The monoisotopic (exact) mass is 456 g/mol. The van der Waals surface area contributed by atoms with E-state index in [1.165, 1.54) is 30.5 Å². The molecule has 0 unspecified atom stereocenters. The van der Waals surface area contributed by atoms with Crippen LogP contribution in [0.2, 0.25) is 0 Å². The van der Waals surface area contributed by atoms with Crippen molar-refractivity contribution >= 4 is 33.3 Å². The number of sulfonamides is 1. The first-order chi connectivity index (χ1) is 15.2. The molecule has 2 aromatic carbocycles. The van der Waals surface area contributed by atoms with Crippen LogP contribution in [0, 0.1) is 0 Å². The van der Waals surface area contributed by atoms with E-state index in [1.54, 1.807) is 50.2 Å². The Labute approximate surface area is 186 Å². The van der Waals surface area contributed by atoms with Crippen LogP contribution in [0.4, 0.5) is 16.2 Å². The van der Waals surface area contributed by atoms with Crippen molar-refractivity contribution < 1.29 is 22.4 Å². The third-order valence-electron chi connectivity index (χ3n) is 4.22. The van der Waals surface area contributed by atoms with Crippen molar-refractivity contribution in [3.05, 3.63) is 78.3 Å². The standard InChI is InChI=1S/C22H24N4O5S/c1-15(2)26-32(29,30)20-11-5-16(6-12-20)21(27)24-17-7-9-18(10-8-17)25-22(28)23-14-19-4-3-13-31-19/h3-13,15,26H,14H2,1-2H3,(H,24,27)(H2,23,25,28). The predicted octanol–water partition coefficient (Wildman–Crippen LogP) is 3.54. The van der Waals surface area contributed by atoms with Crippen molar-refractivity contribution in [2.45, 2.75) is 31.3 Å². The molecule has 32 heavy (non-hydrogen) atoms. The molecule has 3 rings (SSSR count). The maximum Gasteiger partial charge on any atom is 0.319 e. The minimum atomic E-state index is -3.62. The predicted molar refractivity (Wildman–Crippen MR) is 121 cm³/mol. The van der Waals surface area contributed by atoms with Crippen LogP contribution in [0.15, 0.2) is 76.2 Å². The fourth-order valence-corrected chi connectivity index (χ4v) is 4.01. The van der Waals surface area contributed by atoms with E-state index < -0.39 is 10.0 Å². The SMILES string of the molecule is CC(C)NS(=O)(=O)c1ccc(C(=O)Nc2ccc(NC(=O)NCc3ccco3)cc2)cc1. The molecule has 0 spiro atoms. The van der Waals surface area contributed by atoms with Crippen LogP contribution in [0.3, 0.4) is 0 Å². The fraction of sp³-hybridized carbons (Fsp3) is 0.182. The molecule has 0 aliphatic carbocycles. The van der Waals surface area contributed by atoms with E-state index in [0.717, 1.165) is 0 Å². The molecule has 0 bridgehead atoms. The van der Waals surface area contributed by atoms with Gasteiger partial charge in [-0.2, -0.15) is 0 Å². The van der Waals surface area contributed by atoms with Gasteiger partial charge in [-0.25, -0.2) is 17.9 Å². The molecule has 0 atom stereocenters. The Hall–Kier alpha value is -3.63. The van der Waals surface area contributed by atoms with E-state index in [2.05, 4.69) is 20.7 Å². The second-order valence-corrected chi connectivity index (χ2v) is 8.93. The van der Waals surface area contributed by atoms with Crippen LogP contribution in [0.5, 0.6) is 0 Å². The van der Waals surface area contributed by atoms with Crippen LogP contribution in [0.1, 0.15) is 30.0 Å². The van der Waals surface area contributed by atoms with Gasteiger partial charge in [0.05, 0.1) is 17.7 Å². The van der Waals surface area contributed by atoms with Gasteiger partial charge in [0.15, 0.2) is 0 Å². The van der Waals surface area contributed by atoms with Gasteiger partial charge in [0.25, 0.3) is 5.91 Å². The molecule has 3 aromatic rings. The zero-order chi connectivity index (χ0) is 23.1. The molecule has 0 saturated heterocycles. The number of anilines is 2. The Morgan fingerprint density at radius 3 is 2.09 bits per heavy atom. The summed E-state index contributed by atoms with van der Waals surface area (Å²) in [5.41, 5.74) is 1.38. The second kappa shape index (κ2) is 10.1. The van der Waals surface area contributed by atoms with E-state index in [4.69, 9.17) is 4.42 Å². The van der Waals surface area contributed by atoms with Gasteiger partial charge in [0.1, 0.15) is 5.76 Å². The second-order valence-electron chi connectivity index (χ2n) is 7.22. The van der Waals surface area contributed by atoms with Crippen molar-refractivity contribution in [2.75, 3.05) is 10.6 Å². The lowest BCUT2D eigenvalue weighted by Crippen LogP contribution is -2.30. The summed E-state index contributed by atoms with van der Waals surface area (Å²) in [6.07, 6.45) is 1.53. The van der Waals surface area contributed by atoms with Crippen molar-refractivity contribution in [2.24, 2.45) is 0 Å². The van der Waals surface area contributed by atoms with Crippen molar-refractivity contribution in [1.29, 1.82) is 0 Å². The lowest BCUT2D eigenvalue weighted by Gasteiger charge is -2.11. The highest BCUT2D eigenvalue weighted by Crippen LogP contribution is 2.16. The van der Waals surface area contributed by atoms with Gasteiger partial charge in [-0.3, -0.25) is 4.79 Å². The van der Waals surface area contributed by atoms with Gasteiger partial charge in [0.2, 0.25) is 10.0 Å². The first-order valence-corrected chi connectivity index (χ1v) is 11.3. The molecule has 4 N–H and O–H groups in total. The molecule has 9 nitrogen and oxygen atoms in total. The number of carbonyl (C=O) groups is 2. The van der Waals surface area contributed by atoms with Crippen LogP contribution < -0.4 is 20.7 Å². The molecule has 10 heteroatoms. The maximum atomic E-state index is 12.4. The summed E-state index contributed by atoms with van der Waals surface area (Å²) in [6.45, 7) is 3.72. The Balaban J connectivity index is 1.54. The number of hydrogen-bond acceptors (Lipinski definition) is 5. The molecule has 0 saturated carbocycles. The number of urea groups is 1. The third kappa shape index (κ3) is 6.43. The van der Waals surface area contributed by atoms with Crippen molar-refractivity contribution in [3.63, 3.8) is 0 Å². The Morgan fingerprint density at radius 1 is 0.906 bits per heavy atom. The number of benzene rings is 2. The molecule has 0 aliphatic rings. The first-order valence-electron chi connectivity index (χ1n) is 9.84. The first kappa shape index (κ1) is 23.0. The number of hydrogen-bond donors (Lipinski definition) is 4. The average molecular weight is 457 g/mol. The van der Waals surface area contributed by atoms with Crippen molar-refractivity contribution in [3.8, 4) is 0 Å². The summed E-state index contributed by atoms with van der Waals surface area (Å²) in [6, 6.07) is 15.1. The smallest absolute Gasteiger partial charge is 0.319 e. The molecule has 0 aliphatic heterocycles. The summed E-state index contributed by atoms with van der Waals surface area (Å²) in [5.74, 6) is 0.252. The summed E-state index contributed by atoms with van der Waals surface area (Å²) in [7, 11) is -3.62. The molecule has 0 fully saturated rings. The fourth-order valence-electron chi connectivity index (χ4n) is 2.76. The summed E-state index contributed by atoms with van der Waals surface area (Å²) in [5, 5.41) is 8.08. The van der Waals surface area contributed by atoms with E-state index in [-0.39, 0.29) is 29.4 Å². The minimum absolute atomic E-state index is 0.0866. The van der Waals surface area contributed by atoms with Gasteiger partial charge in [-0.1, -0.05) is 0 Å². The summed E-state index contributed by atoms with van der Waals surface area (Å²) >= 11 is 0. The molecule has 3 amide bonds. The normalized spacial score (nSPS) is 11.2. The minimum Gasteiger partial charge on any atom is -0.467 e. The van der Waals surface area contributed by atoms with E-state index in [0.29, 0.717) is 22.7 Å². The zero-order valence-electron chi connectivity index (χ0n) is 17.6. The molecule has 0 radical (unpaired) electrons. The van der Waals surface area contributed by atoms with Crippen molar-refractivity contribution in [1.82, 2.24) is 10.0 Å².